The van der Waals surface area contributed by atoms with E-state index in [0.717, 1.165) is 4.68 Å². The molecule has 6 nitrogen and oxygen atoms in total. The van der Waals surface area contributed by atoms with Gasteiger partial charge in [-0.15, -0.1) is 0 Å². The highest BCUT2D eigenvalue weighted by molar-refractivity contribution is 5.87. The van der Waals surface area contributed by atoms with Gasteiger partial charge in [0.1, 0.15) is 5.82 Å². The van der Waals surface area contributed by atoms with Crippen LogP contribution in [0.15, 0.2) is 47.4 Å². The number of pyridine rings is 1. The zero-order chi connectivity index (χ0) is 16.6. The molecule has 1 aromatic carbocycles. The Labute approximate surface area is 129 Å². The van der Waals surface area contributed by atoms with E-state index in [-0.39, 0.29) is 16.9 Å². The van der Waals surface area contributed by atoms with Gasteiger partial charge < -0.3 is 5.11 Å². The first-order chi connectivity index (χ1) is 11.0. The topological polar surface area (TPSA) is 88.0 Å². The van der Waals surface area contributed by atoms with Crippen LogP contribution in [0, 0.1) is 12.7 Å². The van der Waals surface area contributed by atoms with Crippen molar-refractivity contribution in [1.29, 1.82) is 0 Å². The van der Waals surface area contributed by atoms with Gasteiger partial charge in [0.25, 0.3) is 5.56 Å². The zero-order valence-corrected chi connectivity index (χ0v) is 12.1. The minimum absolute atomic E-state index is 0.00148. The minimum Gasteiger partial charge on any atom is -0.478 e. The van der Waals surface area contributed by atoms with Gasteiger partial charge in [0, 0.05) is 17.3 Å². The highest BCUT2D eigenvalue weighted by Gasteiger charge is 2.17. The summed E-state index contributed by atoms with van der Waals surface area (Å²) in [5.74, 6) is -1.46. The molecule has 7 heteroatoms. The zero-order valence-electron chi connectivity index (χ0n) is 12.1. The van der Waals surface area contributed by atoms with Crippen LogP contribution < -0.4 is 5.56 Å². The van der Waals surface area contributed by atoms with Gasteiger partial charge in [0.05, 0.1) is 11.3 Å². The van der Waals surface area contributed by atoms with E-state index in [0.29, 0.717) is 11.3 Å². The Morgan fingerprint density at radius 2 is 2.04 bits per heavy atom. The lowest BCUT2D eigenvalue weighted by atomic mass is 10.1. The Balaban J connectivity index is 2.18. The van der Waals surface area contributed by atoms with Crippen molar-refractivity contribution in [2.75, 3.05) is 0 Å². The maximum absolute atomic E-state index is 13.9. The van der Waals surface area contributed by atoms with Crippen LogP contribution in [0.2, 0.25) is 0 Å². The first-order valence-electron chi connectivity index (χ1n) is 6.75. The van der Waals surface area contributed by atoms with Crippen LogP contribution in [0.5, 0.6) is 0 Å². The summed E-state index contributed by atoms with van der Waals surface area (Å²) < 4.78 is 15.0. The van der Waals surface area contributed by atoms with Gasteiger partial charge in [-0.2, -0.15) is 0 Å². The number of nitrogens with one attached hydrogen (secondary N) is 1. The minimum atomic E-state index is -1.13. The molecule has 3 aromatic rings. The monoisotopic (exact) mass is 313 g/mol. The Hall–Kier alpha value is -3.22. The van der Waals surface area contributed by atoms with Gasteiger partial charge >= 0.3 is 5.97 Å². The van der Waals surface area contributed by atoms with Crippen LogP contribution in [0.1, 0.15) is 15.9 Å². The standard InChI is InChI=1S/C16H12FN3O3/c1-9-14(11-4-2-3-5-12(11)17)19-20(15(9)21)13-8-10(16(22)23)6-7-18-13/h2-8,19H,1H3,(H,22,23). The predicted octanol–water partition coefficient (Wildman–Crippen LogP) is 2.37. The molecule has 0 saturated carbocycles. The van der Waals surface area contributed by atoms with Crippen LogP contribution in [-0.4, -0.2) is 25.8 Å². The van der Waals surface area contributed by atoms with Crippen molar-refractivity contribution in [3.05, 3.63) is 69.9 Å². The number of carboxylic acid groups (broad SMARTS) is 1. The third kappa shape index (κ3) is 2.52. The van der Waals surface area contributed by atoms with Crippen LogP contribution in [0.25, 0.3) is 17.1 Å². The molecule has 0 amide bonds. The van der Waals surface area contributed by atoms with E-state index < -0.39 is 17.3 Å². The Morgan fingerprint density at radius 1 is 1.30 bits per heavy atom. The number of aromatic nitrogens is 3. The maximum Gasteiger partial charge on any atom is 0.335 e. The first-order valence-corrected chi connectivity index (χ1v) is 6.75. The summed E-state index contributed by atoms with van der Waals surface area (Å²) in [4.78, 5) is 27.4. The summed E-state index contributed by atoms with van der Waals surface area (Å²) in [7, 11) is 0. The summed E-state index contributed by atoms with van der Waals surface area (Å²) >= 11 is 0. The van der Waals surface area contributed by atoms with Crippen LogP contribution >= 0.6 is 0 Å². The molecule has 2 aromatic heterocycles. The maximum atomic E-state index is 13.9. The molecular weight excluding hydrogens is 301 g/mol. The molecule has 2 heterocycles. The number of aromatic carboxylic acids is 1. The molecule has 23 heavy (non-hydrogen) atoms. The quantitative estimate of drug-likeness (QED) is 0.777. The largest absolute Gasteiger partial charge is 0.478 e. The van der Waals surface area contributed by atoms with Gasteiger partial charge in [-0.3, -0.25) is 9.89 Å². The van der Waals surface area contributed by atoms with Crippen molar-refractivity contribution in [3.8, 4) is 17.1 Å². The lowest BCUT2D eigenvalue weighted by Crippen LogP contribution is -2.17. The number of nitrogens with zero attached hydrogens (tertiary/aromatic N) is 2. The summed E-state index contributed by atoms with van der Waals surface area (Å²) in [6.07, 6.45) is 1.30. The molecule has 0 bridgehead atoms. The van der Waals surface area contributed by atoms with Gasteiger partial charge in [0.2, 0.25) is 0 Å². The number of H-pyrrole nitrogens is 1. The fourth-order valence-electron chi connectivity index (χ4n) is 2.28. The molecule has 0 aliphatic rings. The van der Waals surface area contributed by atoms with Gasteiger partial charge in [-0.05, 0) is 31.2 Å². The molecule has 0 fully saturated rings. The number of hydrogen-bond acceptors (Lipinski definition) is 3. The van der Waals surface area contributed by atoms with Crippen LogP contribution in [-0.2, 0) is 0 Å². The number of aromatic amines is 1. The van der Waals surface area contributed by atoms with Gasteiger partial charge in [-0.25, -0.2) is 18.9 Å². The average Bonchev–Trinajstić information content (AvgIpc) is 2.84. The SMILES string of the molecule is Cc1c(-c2ccccc2F)[nH]n(-c2cc(C(=O)O)ccn2)c1=O. The lowest BCUT2D eigenvalue weighted by Gasteiger charge is -2.03. The molecule has 2 N–H and O–H groups in total. The van der Waals surface area contributed by atoms with E-state index in [4.69, 9.17) is 5.11 Å². The number of carboxylic acids is 1. The molecule has 0 aliphatic heterocycles. The molecule has 0 atom stereocenters. The number of carbonyl (C=O) groups is 1. The van der Waals surface area contributed by atoms with Gasteiger partial charge in [0.15, 0.2) is 5.82 Å². The Kier molecular flexibility index (Phi) is 3.53. The third-order valence-corrected chi connectivity index (χ3v) is 3.49. The van der Waals surface area contributed by atoms with E-state index in [2.05, 4.69) is 10.1 Å². The molecule has 116 valence electrons. The number of halogens is 1. The molecule has 0 saturated heterocycles. The predicted molar refractivity (Wildman–Crippen MR) is 81.3 cm³/mol. The molecule has 0 spiro atoms. The van der Waals surface area contributed by atoms with Crippen LogP contribution in [0.3, 0.4) is 0 Å². The Morgan fingerprint density at radius 3 is 2.74 bits per heavy atom. The third-order valence-electron chi connectivity index (χ3n) is 3.49. The average molecular weight is 313 g/mol. The smallest absolute Gasteiger partial charge is 0.335 e. The lowest BCUT2D eigenvalue weighted by molar-refractivity contribution is 0.0696. The van der Waals surface area contributed by atoms with Crippen molar-refractivity contribution in [2.24, 2.45) is 0 Å². The van der Waals surface area contributed by atoms with E-state index >= 15 is 0 Å². The van der Waals surface area contributed by atoms with Crippen molar-refractivity contribution in [3.63, 3.8) is 0 Å². The Bertz CT molecular complexity index is 959. The van der Waals surface area contributed by atoms with E-state index in [9.17, 15) is 14.0 Å². The number of rotatable bonds is 3. The normalized spacial score (nSPS) is 10.7. The van der Waals surface area contributed by atoms with Crippen molar-refractivity contribution >= 4 is 5.97 Å². The number of hydrogen-bond donors (Lipinski definition) is 2. The van der Waals surface area contributed by atoms with Gasteiger partial charge in [-0.1, -0.05) is 12.1 Å². The summed E-state index contributed by atoms with van der Waals surface area (Å²) in [5, 5.41) is 11.8. The van der Waals surface area contributed by atoms with Crippen molar-refractivity contribution < 1.29 is 14.3 Å². The molecule has 0 aliphatic carbocycles. The molecule has 0 radical (unpaired) electrons. The highest BCUT2D eigenvalue weighted by atomic mass is 19.1. The molecular formula is C16H12FN3O3. The number of benzene rings is 1. The second-order valence-corrected chi connectivity index (χ2v) is 4.94. The molecule has 0 unspecified atom stereocenters. The fraction of sp³-hybridized carbons (Fsp3) is 0.0625. The van der Waals surface area contributed by atoms with E-state index in [1.165, 1.54) is 24.4 Å². The van der Waals surface area contributed by atoms with Crippen molar-refractivity contribution in [2.45, 2.75) is 6.92 Å². The van der Waals surface area contributed by atoms with Crippen molar-refractivity contribution in [1.82, 2.24) is 14.8 Å². The second kappa shape index (κ2) is 5.53. The molecule has 3 rings (SSSR count). The first kappa shape index (κ1) is 14.7. The second-order valence-electron chi connectivity index (χ2n) is 4.94. The summed E-state index contributed by atoms with van der Waals surface area (Å²) in [6, 6.07) is 8.67. The van der Waals surface area contributed by atoms with E-state index in [1.807, 2.05) is 0 Å². The van der Waals surface area contributed by atoms with E-state index in [1.54, 1.807) is 25.1 Å². The van der Waals surface area contributed by atoms with Crippen LogP contribution in [0.4, 0.5) is 4.39 Å². The summed E-state index contributed by atoms with van der Waals surface area (Å²) in [5.41, 5.74) is 0.489. The highest BCUT2D eigenvalue weighted by Crippen LogP contribution is 2.22. The summed E-state index contributed by atoms with van der Waals surface area (Å²) in [6.45, 7) is 1.57. The fourth-order valence-corrected chi connectivity index (χ4v) is 2.28.